The second-order valence-corrected chi connectivity index (χ2v) is 6.77. The van der Waals surface area contributed by atoms with E-state index in [1.165, 1.54) is 12.8 Å². The number of hydrogen-bond donors (Lipinski definition) is 1. The summed E-state index contributed by atoms with van der Waals surface area (Å²) >= 11 is 1.69. The van der Waals surface area contributed by atoms with Crippen LogP contribution in [0.4, 0.5) is 0 Å². The van der Waals surface area contributed by atoms with E-state index in [1.54, 1.807) is 11.8 Å². The van der Waals surface area contributed by atoms with E-state index in [9.17, 15) is 5.26 Å². The van der Waals surface area contributed by atoms with E-state index in [1.807, 2.05) is 26.2 Å². The molecule has 0 bridgehead atoms. The van der Waals surface area contributed by atoms with Crippen molar-refractivity contribution in [3.05, 3.63) is 18.0 Å². The zero-order valence-corrected chi connectivity index (χ0v) is 13.0. The Morgan fingerprint density at radius 1 is 1.40 bits per heavy atom. The van der Waals surface area contributed by atoms with Crippen LogP contribution in [0.25, 0.3) is 0 Å². The van der Waals surface area contributed by atoms with Crippen molar-refractivity contribution in [3.8, 4) is 6.07 Å². The summed E-state index contributed by atoms with van der Waals surface area (Å²) in [5.74, 6) is 1.01. The maximum Gasteiger partial charge on any atom is 0.187 e. The van der Waals surface area contributed by atoms with Crippen molar-refractivity contribution < 1.29 is 0 Å². The van der Waals surface area contributed by atoms with Gasteiger partial charge in [0.2, 0.25) is 0 Å². The third kappa shape index (κ3) is 5.10. The fourth-order valence-corrected chi connectivity index (χ4v) is 2.82. The minimum atomic E-state index is -0.355. The van der Waals surface area contributed by atoms with Gasteiger partial charge in [-0.15, -0.1) is 0 Å². The second kappa shape index (κ2) is 7.05. The molecule has 0 aromatic carbocycles. The van der Waals surface area contributed by atoms with Gasteiger partial charge in [-0.2, -0.15) is 5.26 Å². The van der Waals surface area contributed by atoms with Crippen LogP contribution >= 0.6 is 11.8 Å². The summed E-state index contributed by atoms with van der Waals surface area (Å²) < 4.78 is 0. The van der Waals surface area contributed by atoms with Gasteiger partial charge in [-0.25, -0.2) is 9.97 Å². The van der Waals surface area contributed by atoms with Crippen LogP contribution in [0.15, 0.2) is 17.6 Å². The molecule has 1 unspecified atom stereocenters. The molecule has 5 heteroatoms. The Morgan fingerprint density at radius 3 is 2.70 bits per heavy atom. The number of nitrogens with zero attached hydrogens (tertiary/aromatic N) is 3. The van der Waals surface area contributed by atoms with Crippen molar-refractivity contribution in [2.75, 3.05) is 5.75 Å². The van der Waals surface area contributed by atoms with Gasteiger partial charge in [0.05, 0.1) is 6.07 Å². The van der Waals surface area contributed by atoms with Crippen LogP contribution in [-0.4, -0.2) is 27.3 Å². The molecule has 1 saturated carbocycles. The maximum absolute atomic E-state index is 9.28. The predicted molar refractivity (Wildman–Crippen MR) is 81.5 cm³/mol. The average molecular weight is 290 g/mol. The van der Waals surface area contributed by atoms with Gasteiger partial charge in [0.15, 0.2) is 5.16 Å². The molecular formula is C15H22N4S. The van der Waals surface area contributed by atoms with E-state index in [4.69, 9.17) is 0 Å². The number of aryl methyl sites for hydroxylation is 1. The van der Waals surface area contributed by atoms with Gasteiger partial charge in [-0.1, -0.05) is 11.8 Å². The minimum Gasteiger partial charge on any atom is -0.297 e. The molecule has 1 heterocycles. The summed E-state index contributed by atoms with van der Waals surface area (Å²) in [5.41, 5.74) is 0.733. The van der Waals surface area contributed by atoms with Gasteiger partial charge < -0.3 is 0 Å². The fourth-order valence-electron chi connectivity index (χ4n) is 2.04. The number of nitrogens with one attached hydrogen (secondary N) is 1. The van der Waals surface area contributed by atoms with Gasteiger partial charge in [-0.3, -0.25) is 5.32 Å². The molecule has 4 nitrogen and oxygen atoms in total. The Bertz CT molecular complexity index is 464. The lowest BCUT2D eigenvalue weighted by molar-refractivity contribution is 0.402. The number of nitriles is 1. The lowest BCUT2D eigenvalue weighted by Gasteiger charge is -2.23. The van der Waals surface area contributed by atoms with E-state index in [0.717, 1.165) is 35.7 Å². The summed E-state index contributed by atoms with van der Waals surface area (Å²) in [6.07, 6.45) is 9.20. The number of rotatable bonds is 8. The third-order valence-corrected chi connectivity index (χ3v) is 4.37. The van der Waals surface area contributed by atoms with Crippen molar-refractivity contribution in [2.24, 2.45) is 0 Å². The molecule has 0 aliphatic heterocycles. The van der Waals surface area contributed by atoms with Gasteiger partial charge >= 0.3 is 0 Å². The van der Waals surface area contributed by atoms with Crippen LogP contribution in [0.1, 0.15) is 44.6 Å². The lowest BCUT2D eigenvalue weighted by atomic mass is 9.96. The number of hydrogen-bond acceptors (Lipinski definition) is 5. The van der Waals surface area contributed by atoms with E-state index >= 15 is 0 Å². The van der Waals surface area contributed by atoms with Crippen LogP contribution in [0.3, 0.4) is 0 Å². The zero-order chi connectivity index (χ0) is 14.4. The highest BCUT2D eigenvalue weighted by Gasteiger charge is 2.31. The van der Waals surface area contributed by atoms with Crippen molar-refractivity contribution in [2.45, 2.75) is 62.7 Å². The van der Waals surface area contributed by atoms with Gasteiger partial charge in [0, 0.05) is 24.2 Å². The SMILES string of the molecule is Cc1cnc(SCCCCC(C)(C#N)NC2CC2)nc1. The standard InChI is InChI=1S/C15H22N4S/c1-12-9-17-14(18-10-12)20-8-4-3-7-15(2,11-16)19-13-5-6-13/h9-10,13,19H,3-8H2,1-2H3. The second-order valence-electron chi connectivity index (χ2n) is 5.71. The zero-order valence-electron chi connectivity index (χ0n) is 12.2. The summed E-state index contributed by atoms with van der Waals surface area (Å²) in [6, 6.07) is 3.00. The van der Waals surface area contributed by atoms with Gasteiger partial charge in [-0.05, 0) is 51.5 Å². The van der Waals surface area contributed by atoms with Crippen LogP contribution in [0, 0.1) is 18.3 Å². The van der Waals surface area contributed by atoms with Crippen LogP contribution in [0.2, 0.25) is 0 Å². The molecule has 1 atom stereocenters. The van der Waals surface area contributed by atoms with Gasteiger partial charge in [0.25, 0.3) is 0 Å². The largest absolute Gasteiger partial charge is 0.297 e. The molecule has 108 valence electrons. The molecule has 0 radical (unpaired) electrons. The third-order valence-electron chi connectivity index (χ3n) is 3.41. The normalized spacial score (nSPS) is 17.4. The number of unbranched alkanes of at least 4 members (excludes halogenated alkanes) is 1. The van der Waals surface area contributed by atoms with E-state index in [0.29, 0.717) is 6.04 Å². The van der Waals surface area contributed by atoms with Crippen molar-refractivity contribution in [1.82, 2.24) is 15.3 Å². The Labute approximate surface area is 125 Å². The number of thioether (sulfide) groups is 1. The molecule has 1 aliphatic carbocycles. The first-order valence-corrected chi connectivity index (χ1v) is 8.20. The first-order valence-electron chi connectivity index (χ1n) is 7.22. The van der Waals surface area contributed by atoms with Crippen molar-refractivity contribution in [1.29, 1.82) is 5.26 Å². The molecule has 1 aliphatic rings. The molecule has 1 N–H and O–H groups in total. The first kappa shape index (κ1) is 15.3. The first-order chi connectivity index (χ1) is 9.61. The molecule has 20 heavy (non-hydrogen) atoms. The molecular weight excluding hydrogens is 268 g/mol. The summed E-state index contributed by atoms with van der Waals surface area (Å²) in [5, 5.41) is 13.6. The fraction of sp³-hybridized carbons (Fsp3) is 0.667. The predicted octanol–water partition coefficient (Wildman–Crippen LogP) is 3.08. The quantitative estimate of drug-likeness (QED) is 0.453. The van der Waals surface area contributed by atoms with Crippen LogP contribution in [0.5, 0.6) is 0 Å². The molecule has 2 rings (SSSR count). The van der Waals surface area contributed by atoms with E-state index in [2.05, 4.69) is 21.4 Å². The molecule has 1 aromatic heterocycles. The highest BCUT2D eigenvalue weighted by atomic mass is 32.2. The molecule has 0 amide bonds. The maximum atomic E-state index is 9.28. The smallest absolute Gasteiger partial charge is 0.187 e. The highest BCUT2D eigenvalue weighted by Crippen LogP contribution is 2.25. The Balaban J connectivity index is 1.63. The van der Waals surface area contributed by atoms with Crippen molar-refractivity contribution >= 4 is 11.8 Å². The Kier molecular flexibility index (Phi) is 5.38. The van der Waals surface area contributed by atoms with E-state index in [-0.39, 0.29) is 5.54 Å². The van der Waals surface area contributed by atoms with E-state index < -0.39 is 0 Å². The van der Waals surface area contributed by atoms with Crippen molar-refractivity contribution in [3.63, 3.8) is 0 Å². The lowest BCUT2D eigenvalue weighted by Crippen LogP contribution is -2.42. The van der Waals surface area contributed by atoms with Crippen LogP contribution < -0.4 is 5.32 Å². The molecule has 0 spiro atoms. The molecule has 1 fully saturated rings. The summed E-state index contributed by atoms with van der Waals surface area (Å²) in [6.45, 7) is 4.01. The average Bonchev–Trinajstić information content (AvgIpc) is 3.24. The molecule has 1 aromatic rings. The topological polar surface area (TPSA) is 61.6 Å². The van der Waals surface area contributed by atoms with Crippen LogP contribution in [-0.2, 0) is 0 Å². The Hall–Kier alpha value is -1.12. The monoisotopic (exact) mass is 290 g/mol. The van der Waals surface area contributed by atoms with Gasteiger partial charge in [0.1, 0.15) is 5.54 Å². The molecule has 0 saturated heterocycles. The highest BCUT2D eigenvalue weighted by molar-refractivity contribution is 7.99. The summed E-state index contributed by atoms with van der Waals surface area (Å²) in [7, 11) is 0. The Morgan fingerprint density at radius 2 is 2.10 bits per heavy atom. The minimum absolute atomic E-state index is 0.355. The summed E-state index contributed by atoms with van der Waals surface area (Å²) in [4.78, 5) is 8.55. The number of aromatic nitrogens is 2.